The molecule has 0 unspecified atom stereocenters. The predicted octanol–water partition coefficient (Wildman–Crippen LogP) is 4.26. The third-order valence-corrected chi connectivity index (χ3v) is 2.85. The van der Waals surface area contributed by atoms with Gasteiger partial charge in [0.2, 0.25) is 0 Å². The minimum Gasteiger partial charge on any atom is -0.488 e. The van der Waals surface area contributed by atoms with E-state index in [0.717, 1.165) is 6.42 Å². The Morgan fingerprint density at radius 2 is 1.85 bits per heavy atom. The highest BCUT2D eigenvalue weighted by atomic mass is 19.1. The molecule has 0 atom stereocenters. The van der Waals surface area contributed by atoms with Crippen molar-refractivity contribution in [1.82, 2.24) is 4.98 Å². The zero-order valence-electron chi connectivity index (χ0n) is 13.2. The summed E-state index contributed by atoms with van der Waals surface area (Å²) in [6.45, 7) is 11.9. The third kappa shape index (κ3) is 4.58. The summed E-state index contributed by atoms with van der Waals surface area (Å²) in [7, 11) is 0. The van der Waals surface area contributed by atoms with E-state index in [0.29, 0.717) is 6.61 Å². The number of nitrogens with zero attached hydrogens (tertiary/aromatic N) is 1. The first-order valence-electron chi connectivity index (χ1n) is 6.84. The molecule has 1 aromatic heterocycles. The van der Waals surface area contributed by atoms with Gasteiger partial charge in [-0.05, 0) is 17.9 Å². The number of hydrogen-bond acceptors (Lipinski definition) is 3. The molecule has 0 amide bonds. The summed E-state index contributed by atoms with van der Waals surface area (Å²) in [6, 6.07) is 1.21. The Kier molecular flexibility index (Phi) is 4.90. The maximum atomic E-state index is 13.9. The highest BCUT2D eigenvalue weighted by molar-refractivity contribution is 6.00. The molecule has 0 aromatic carbocycles. The Bertz CT molecular complexity index is 484. The van der Waals surface area contributed by atoms with Gasteiger partial charge in [-0.25, -0.2) is 9.37 Å². The molecule has 0 bridgehead atoms. The highest BCUT2D eigenvalue weighted by Crippen LogP contribution is 2.29. The molecular formula is C16H24FNO2. The van der Waals surface area contributed by atoms with Gasteiger partial charge in [0.05, 0.1) is 6.61 Å². The first-order chi connectivity index (χ1) is 9.02. The lowest BCUT2D eigenvalue weighted by Crippen LogP contribution is -2.23. The molecular weight excluding hydrogens is 257 g/mol. The van der Waals surface area contributed by atoms with E-state index in [2.05, 4.69) is 25.8 Å². The van der Waals surface area contributed by atoms with Crippen molar-refractivity contribution in [3.05, 3.63) is 23.8 Å². The number of rotatable bonds is 4. The van der Waals surface area contributed by atoms with Crippen LogP contribution in [0.5, 0.6) is 5.75 Å². The van der Waals surface area contributed by atoms with Gasteiger partial charge in [0.25, 0.3) is 0 Å². The van der Waals surface area contributed by atoms with E-state index in [1.807, 2.05) is 0 Å². The van der Waals surface area contributed by atoms with Crippen molar-refractivity contribution >= 4 is 5.78 Å². The van der Waals surface area contributed by atoms with Crippen LogP contribution in [0.25, 0.3) is 0 Å². The number of hydrogen-bond donors (Lipinski definition) is 0. The summed E-state index contributed by atoms with van der Waals surface area (Å²) in [5, 5.41) is 0. The molecule has 0 aliphatic carbocycles. The lowest BCUT2D eigenvalue weighted by molar-refractivity contribution is 0.0846. The zero-order chi connectivity index (χ0) is 15.6. The molecule has 0 saturated heterocycles. The van der Waals surface area contributed by atoms with Crippen molar-refractivity contribution in [2.24, 2.45) is 10.8 Å². The molecule has 0 fully saturated rings. The second-order valence-electron chi connectivity index (χ2n) is 7.21. The van der Waals surface area contributed by atoms with Crippen molar-refractivity contribution in [2.45, 2.75) is 48.0 Å². The summed E-state index contributed by atoms with van der Waals surface area (Å²) < 4.78 is 19.4. The molecule has 20 heavy (non-hydrogen) atoms. The molecule has 4 heteroatoms. The maximum absolute atomic E-state index is 13.9. The van der Waals surface area contributed by atoms with Crippen molar-refractivity contribution in [3.8, 4) is 5.75 Å². The van der Waals surface area contributed by atoms with Crippen LogP contribution in [0, 0.1) is 16.6 Å². The first-order valence-corrected chi connectivity index (χ1v) is 6.84. The molecule has 3 nitrogen and oxygen atoms in total. The van der Waals surface area contributed by atoms with Crippen LogP contribution >= 0.6 is 0 Å². The predicted molar refractivity (Wildman–Crippen MR) is 77.5 cm³/mol. The Morgan fingerprint density at radius 1 is 1.25 bits per heavy atom. The van der Waals surface area contributed by atoms with Gasteiger partial charge in [0.15, 0.2) is 23.0 Å². The lowest BCUT2D eigenvalue weighted by Gasteiger charge is -2.21. The van der Waals surface area contributed by atoms with Gasteiger partial charge in [-0.1, -0.05) is 41.5 Å². The molecule has 0 spiro atoms. The first kappa shape index (κ1) is 16.6. The number of carbonyl (C=O) groups excluding carboxylic acids is 1. The standard InChI is InChI=1S/C16H24FNO2/c1-15(2,3)8-10-20-13-11(17)7-9-18-12(13)14(19)16(4,5)6/h7,9H,8,10H2,1-6H3. The highest BCUT2D eigenvalue weighted by Gasteiger charge is 2.28. The van der Waals surface area contributed by atoms with E-state index >= 15 is 0 Å². The quantitative estimate of drug-likeness (QED) is 0.774. The second-order valence-corrected chi connectivity index (χ2v) is 7.21. The summed E-state index contributed by atoms with van der Waals surface area (Å²) in [4.78, 5) is 16.3. The number of halogens is 1. The van der Waals surface area contributed by atoms with Gasteiger partial charge in [0.1, 0.15) is 0 Å². The molecule has 112 valence electrons. The van der Waals surface area contributed by atoms with Gasteiger partial charge in [-0.3, -0.25) is 4.79 Å². The second kappa shape index (κ2) is 5.90. The van der Waals surface area contributed by atoms with Crippen LogP contribution in [0.2, 0.25) is 0 Å². The van der Waals surface area contributed by atoms with Crippen LogP contribution in [0.3, 0.4) is 0 Å². The Hall–Kier alpha value is -1.45. The Morgan fingerprint density at radius 3 is 2.35 bits per heavy atom. The third-order valence-electron chi connectivity index (χ3n) is 2.85. The zero-order valence-corrected chi connectivity index (χ0v) is 13.2. The largest absolute Gasteiger partial charge is 0.488 e. The molecule has 1 rings (SSSR count). The summed E-state index contributed by atoms with van der Waals surface area (Å²) in [5.41, 5.74) is -0.457. The summed E-state index contributed by atoms with van der Waals surface area (Å²) in [6.07, 6.45) is 2.06. The Balaban J connectivity index is 2.98. The lowest BCUT2D eigenvalue weighted by atomic mass is 9.88. The van der Waals surface area contributed by atoms with Crippen LogP contribution in [-0.2, 0) is 0 Å². The monoisotopic (exact) mass is 281 g/mol. The molecule has 0 radical (unpaired) electrons. The summed E-state index contributed by atoms with van der Waals surface area (Å²) >= 11 is 0. The van der Waals surface area contributed by atoms with E-state index in [-0.39, 0.29) is 22.6 Å². The van der Waals surface area contributed by atoms with Crippen molar-refractivity contribution in [1.29, 1.82) is 0 Å². The average Bonchev–Trinajstić information content (AvgIpc) is 2.27. The van der Waals surface area contributed by atoms with Gasteiger partial charge in [0, 0.05) is 11.6 Å². The fourth-order valence-corrected chi connectivity index (χ4v) is 1.54. The number of carbonyl (C=O) groups is 1. The van der Waals surface area contributed by atoms with E-state index < -0.39 is 11.2 Å². The van der Waals surface area contributed by atoms with Gasteiger partial charge in [-0.2, -0.15) is 0 Å². The van der Waals surface area contributed by atoms with Gasteiger partial charge < -0.3 is 4.74 Å². The number of pyridine rings is 1. The van der Waals surface area contributed by atoms with Crippen LogP contribution in [-0.4, -0.2) is 17.4 Å². The SMILES string of the molecule is CC(C)(C)CCOc1c(F)ccnc1C(=O)C(C)(C)C. The van der Waals surface area contributed by atoms with Gasteiger partial charge >= 0.3 is 0 Å². The number of aromatic nitrogens is 1. The molecule has 0 saturated carbocycles. The van der Waals surface area contributed by atoms with E-state index in [4.69, 9.17) is 4.74 Å². The number of ether oxygens (including phenoxy) is 1. The average molecular weight is 281 g/mol. The molecule has 0 aliphatic heterocycles. The van der Waals surface area contributed by atoms with E-state index in [1.54, 1.807) is 20.8 Å². The van der Waals surface area contributed by atoms with E-state index in [9.17, 15) is 9.18 Å². The number of Topliss-reactive ketones (excluding diaryl/α,β-unsaturated/α-hetero) is 1. The summed E-state index contributed by atoms with van der Waals surface area (Å²) in [5.74, 6) is -0.791. The minimum absolute atomic E-state index is 0.0309. The van der Waals surface area contributed by atoms with E-state index in [1.165, 1.54) is 12.3 Å². The minimum atomic E-state index is -0.622. The van der Waals surface area contributed by atoms with Crippen LogP contribution in [0.4, 0.5) is 4.39 Å². The van der Waals surface area contributed by atoms with Crippen molar-refractivity contribution < 1.29 is 13.9 Å². The van der Waals surface area contributed by atoms with Crippen LogP contribution < -0.4 is 4.74 Å². The normalized spacial score (nSPS) is 12.3. The smallest absolute Gasteiger partial charge is 0.190 e. The van der Waals surface area contributed by atoms with Crippen LogP contribution in [0.15, 0.2) is 12.3 Å². The molecule has 1 heterocycles. The topological polar surface area (TPSA) is 39.2 Å². The Labute approximate surface area is 120 Å². The van der Waals surface area contributed by atoms with Crippen molar-refractivity contribution in [3.63, 3.8) is 0 Å². The van der Waals surface area contributed by atoms with Crippen molar-refractivity contribution in [2.75, 3.05) is 6.61 Å². The maximum Gasteiger partial charge on any atom is 0.190 e. The van der Waals surface area contributed by atoms with Crippen LogP contribution in [0.1, 0.15) is 58.5 Å². The van der Waals surface area contributed by atoms with Gasteiger partial charge in [-0.15, -0.1) is 0 Å². The fourth-order valence-electron chi connectivity index (χ4n) is 1.54. The number of ketones is 1. The molecule has 0 N–H and O–H groups in total. The molecule has 1 aromatic rings. The molecule has 0 aliphatic rings. The fraction of sp³-hybridized carbons (Fsp3) is 0.625.